The van der Waals surface area contributed by atoms with Crippen LogP contribution in [0.4, 0.5) is 0 Å². The number of piperidine rings is 1. The Morgan fingerprint density at radius 3 is 2.95 bits per heavy atom. The van der Waals surface area contributed by atoms with Gasteiger partial charge < -0.3 is 19.7 Å². The summed E-state index contributed by atoms with van der Waals surface area (Å²) in [6, 6.07) is 2.70. The summed E-state index contributed by atoms with van der Waals surface area (Å²) in [5.41, 5.74) is 0.934. The molecule has 1 saturated heterocycles. The fraction of sp³-hybridized carbons (Fsp3) is 0.643. The fourth-order valence-corrected chi connectivity index (χ4v) is 2.53. The van der Waals surface area contributed by atoms with E-state index in [2.05, 4.69) is 24.2 Å². The standard InChI is InChI=1S/C14H22N2O3/c1-9-6-12(4-5-16(9)3)15-8-11-7-13(14(17)18)19-10(11)2/h7,9,12,15H,4-6,8H2,1-3H3,(H,17,18). The number of nitrogens with one attached hydrogen (secondary N) is 1. The molecule has 0 spiro atoms. The second-order valence-electron chi connectivity index (χ2n) is 5.43. The molecule has 0 amide bonds. The zero-order valence-electron chi connectivity index (χ0n) is 11.8. The van der Waals surface area contributed by atoms with Crippen molar-refractivity contribution < 1.29 is 14.3 Å². The summed E-state index contributed by atoms with van der Waals surface area (Å²) in [7, 11) is 2.15. The minimum atomic E-state index is -1.01. The second kappa shape index (κ2) is 5.75. The average molecular weight is 266 g/mol. The van der Waals surface area contributed by atoms with Crippen LogP contribution in [0.25, 0.3) is 0 Å². The van der Waals surface area contributed by atoms with Crippen molar-refractivity contribution in [2.45, 2.75) is 45.3 Å². The monoisotopic (exact) mass is 266 g/mol. The molecule has 19 heavy (non-hydrogen) atoms. The second-order valence-corrected chi connectivity index (χ2v) is 5.43. The van der Waals surface area contributed by atoms with E-state index in [4.69, 9.17) is 9.52 Å². The highest BCUT2D eigenvalue weighted by molar-refractivity contribution is 5.84. The molecule has 2 atom stereocenters. The highest BCUT2D eigenvalue weighted by Gasteiger charge is 2.22. The number of carboxylic acids is 1. The number of nitrogens with zero attached hydrogens (tertiary/aromatic N) is 1. The number of carboxylic acid groups (broad SMARTS) is 1. The Morgan fingerprint density at radius 2 is 2.37 bits per heavy atom. The quantitative estimate of drug-likeness (QED) is 0.870. The fourth-order valence-electron chi connectivity index (χ4n) is 2.53. The van der Waals surface area contributed by atoms with Crippen LogP contribution in [0.5, 0.6) is 0 Å². The molecule has 1 aliphatic heterocycles. The summed E-state index contributed by atoms with van der Waals surface area (Å²) < 4.78 is 5.21. The van der Waals surface area contributed by atoms with Gasteiger partial charge in [-0.2, -0.15) is 0 Å². The Balaban J connectivity index is 1.90. The van der Waals surface area contributed by atoms with E-state index in [1.807, 2.05) is 0 Å². The molecule has 106 valence electrons. The van der Waals surface area contributed by atoms with E-state index in [-0.39, 0.29) is 5.76 Å². The molecule has 0 radical (unpaired) electrons. The zero-order chi connectivity index (χ0) is 14.0. The molecule has 2 N–H and O–H groups in total. The van der Waals surface area contributed by atoms with Gasteiger partial charge in [0.2, 0.25) is 5.76 Å². The van der Waals surface area contributed by atoms with E-state index >= 15 is 0 Å². The Labute approximate surface area is 113 Å². The smallest absolute Gasteiger partial charge is 0.371 e. The zero-order valence-corrected chi connectivity index (χ0v) is 11.8. The van der Waals surface area contributed by atoms with Crippen LogP contribution in [0, 0.1) is 6.92 Å². The van der Waals surface area contributed by atoms with Gasteiger partial charge in [0.25, 0.3) is 0 Å². The van der Waals surface area contributed by atoms with Crippen molar-refractivity contribution in [1.29, 1.82) is 0 Å². The first-order chi connectivity index (χ1) is 8.97. The SMILES string of the molecule is Cc1oc(C(=O)O)cc1CNC1CCN(C)C(C)C1. The van der Waals surface area contributed by atoms with Crippen molar-refractivity contribution in [2.75, 3.05) is 13.6 Å². The molecule has 2 heterocycles. The first-order valence-corrected chi connectivity index (χ1v) is 6.73. The molecule has 5 heteroatoms. The molecule has 1 aromatic heterocycles. The number of carbonyl (C=O) groups is 1. The molecule has 1 aromatic rings. The summed E-state index contributed by atoms with van der Waals surface area (Å²) in [6.45, 7) is 5.81. The largest absolute Gasteiger partial charge is 0.475 e. The van der Waals surface area contributed by atoms with Gasteiger partial charge in [-0.15, -0.1) is 0 Å². The molecule has 0 aromatic carbocycles. The van der Waals surface area contributed by atoms with Crippen LogP contribution < -0.4 is 5.32 Å². The van der Waals surface area contributed by atoms with Crippen LogP contribution in [0.2, 0.25) is 0 Å². The lowest BCUT2D eigenvalue weighted by atomic mass is 9.99. The number of furan rings is 1. The highest BCUT2D eigenvalue weighted by Crippen LogP contribution is 2.18. The predicted molar refractivity (Wildman–Crippen MR) is 72.4 cm³/mol. The van der Waals surface area contributed by atoms with E-state index < -0.39 is 5.97 Å². The van der Waals surface area contributed by atoms with Gasteiger partial charge >= 0.3 is 5.97 Å². The van der Waals surface area contributed by atoms with Crippen LogP contribution in [0.3, 0.4) is 0 Å². The highest BCUT2D eigenvalue weighted by atomic mass is 16.4. The summed E-state index contributed by atoms with van der Waals surface area (Å²) in [5, 5.41) is 12.4. The van der Waals surface area contributed by atoms with Gasteiger partial charge in [-0.3, -0.25) is 0 Å². The van der Waals surface area contributed by atoms with Crippen LogP contribution in [0.15, 0.2) is 10.5 Å². The Morgan fingerprint density at radius 1 is 1.63 bits per heavy atom. The van der Waals surface area contributed by atoms with Gasteiger partial charge in [0.1, 0.15) is 5.76 Å². The molecule has 0 bridgehead atoms. The number of aryl methyl sites for hydroxylation is 1. The van der Waals surface area contributed by atoms with E-state index in [9.17, 15) is 4.79 Å². The molecule has 0 aliphatic carbocycles. The molecule has 0 saturated carbocycles. The van der Waals surface area contributed by atoms with Crippen molar-refractivity contribution >= 4 is 5.97 Å². The molecular formula is C14H22N2O3. The van der Waals surface area contributed by atoms with Gasteiger partial charge in [-0.05, 0) is 46.3 Å². The molecule has 1 fully saturated rings. The lowest BCUT2D eigenvalue weighted by Gasteiger charge is -2.35. The van der Waals surface area contributed by atoms with Gasteiger partial charge in [0.05, 0.1) is 0 Å². The Bertz CT molecular complexity index is 456. The molecule has 1 aliphatic rings. The van der Waals surface area contributed by atoms with Crippen molar-refractivity contribution in [1.82, 2.24) is 10.2 Å². The average Bonchev–Trinajstić information content (AvgIpc) is 2.73. The van der Waals surface area contributed by atoms with Crippen LogP contribution >= 0.6 is 0 Å². The van der Waals surface area contributed by atoms with Gasteiger partial charge in [-0.25, -0.2) is 4.79 Å². The van der Waals surface area contributed by atoms with E-state index in [0.717, 1.165) is 24.9 Å². The maximum atomic E-state index is 10.8. The maximum absolute atomic E-state index is 10.8. The summed E-state index contributed by atoms with van der Waals surface area (Å²) in [6.07, 6.45) is 2.25. The van der Waals surface area contributed by atoms with E-state index in [1.165, 1.54) is 0 Å². The number of likely N-dealkylation sites (tertiary alicyclic amines) is 1. The minimum Gasteiger partial charge on any atom is -0.475 e. The number of hydrogen-bond acceptors (Lipinski definition) is 4. The molecule has 2 unspecified atom stereocenters. The summed E-state index contributed by atoms with van der Waals surface area (Å²) in [4.78, 5) is 13.2. The Hall–Kier alpha value is -1.33. The lowest BCUT2D eigenvalue weighted by molar-refractivity contribution is 0.0661. The summed E-state index contributed by atoms with van der Waals surface area (Å²) in [5.74, 6) is -0.306. The van der Waals surface area contributed by atoms with Crippen LogP contribution in [0.1, 0.15) is 41.6 Å². The maximum Gasteiger partial charge on any atom is 0.371 e. The van der Waals surface area contributed by atoms with Crippen molar-refractivity contribution in [3.8, 4) is 0 Å². The number of aromatic carboxylic acids is 1. The summed E-state index contributed by atoms with van der Waals surface area (Å²) >= 11 is 0. The molecule has 2 rings (SSSR count). The van der Waals surface area contributed by atoms with Gasteiger partial charge in [0, 0.05) is 24.2 Å². The normalized spacial score (nSPS) is 24.6. The number of hydrogen-bond donors (Lipinski definition) is 2. The van der Waals surface area contributed by atoms with Gasteiger partial charge in [-0.1, -0.05) is 0 Å². The van der Waals surface area contributed by atoms with E-state index in [0.29, 0.717) is 24.4 Å². The molecule has 5 nitrogen and oxygen atoms in total. The number of rotatable bonds is 4. The topological polar surface area (TPSA) is 65.7 Å². The van der Waals surface area contributed by atoms with E-state index in [1.54, 1.807) is 13.0 Å². The first kappa shape index (κ1) is 14.1. The Kier molecular flexibility index (Phi) is 4.27. The predicted octanol–water partition coefficient (Wildman–Crippen LogP) is 1.86. The third kappa shape index (κ3) is 3.36. The van der Waals surface area contributed by atoms with Crippen molar-refractivity contribution in [3.63, 3.8) is 0 Å². The third-order valence-electron chi connectivity index (χ3n) is 4.02. The van der Waals surface area contributed by atoms with Crippen molar-refractivity contribution in [3.05, 3.63) is 23.2 Å². The van der Waals surface area contributed by atoms with Crippen LogP contribution in [-0.2, 0) is 6.54 Å². The third-order valence-corrected chi connectivity index (χ3v) is 4.02. The lowest BCUT2D eigenvalue weighted by Crippen LogP contribution is -2.45. The first-order valence-electron chi connectivity index (χ1n) is 6.73. The molecular weight excluding hydrogens is 244 g/mol. The van der Waals surface area contributed by atoms with Gasteiger partial charge in [0.15, 0.2) is 0 Å². The minimum absolute atomic E-state index is 0.0195. The van der Waals surface area contributed by atoms with Crippen LogP contribution in [-0.4, -0.2) is 41.7 Å². The van der Waals surface area contributed by atoms with Crippen molar-refractivity contribution in [2.24, 2.45) is 0 Å².